The number of carbonyl (C=O) groups is 2. The lowest BCUT2D eigenvalue weighted by atomic mass is 10.1. The van der Waals surface area contributed by atoms with Gasteiger partial charge in [-0.2, -0.15) is 0 Å². The van der Waals surface area contributed by atoms with Gasteiger partial charge in [-0.1, -0.05) is 56.0 Å². The molecule has 0 spiro atoms. The van der Waals surface area contributed by atoms with E-state index in [-0.39, 0.29) is 24.4 Å². The van der Waals surface area contributed by atoms with Crippen molar-refractivity contribution in [3.05, 3.63) is 54.6 Å². The summed E-state index contributed by atoms with van der Waals surface area (Å²) in [7, 11) is 0. The molecular weight excluding hydrogens is 352 g/mol. The molecule has 1 fully saturated rings. The number of ether oxygens (including phenoxy) is 1. The molecule has 2 aromatic carbocycles. The van der Waals surface area contributed by atoms with Crippen LogP contribution in [0.15, 0.2) is 54.6 Å². The van der Waals surface area contributed by atoms with Crippen LogP contribution in [0.25, 0.3) is 0 Å². The molecule has 0 bridgehead atoms. The third-order valence-corrected chi connectivity index (χ3v) is 5.12. The maximum Gasteiger partial charge on any atom is 0.244 e. The number of rotatable bonds is 6. The van der Waals surface area contributed by atoms with Gasteiger partial charge in [0.1, 0.15) is 12.3 Å². The summed E-state index contributed by atoms with van der Waals surface area (Å²) in [4.78, 5) is 26.6. The fourth-order valence-electron chi connectivity index (χ4n) is 3.69. The van der Waals surface area contributed by atoms with Gasteiger partial charge in [-0.3, -0.25) is 9.59 Å². The molecule has 5 heteroatoms. The molecule has 1 saturated carbocycles. The molecule has 0 aromatic heterocycles. The number of benzene rings is 2. The number of carbonyl (C=O) groups excluding carboxylic acids is 2. The molecule has 1 aliphatic rings. The van der Waals surface area contributed by atoms with Gasteiger partial charge in [0.2, 0.25) is 11.8 Å². The highest BCUT2D eigenvalue weighted by Gasteiger charge is 2.24. The Labute approximate surface area is 166 Å². The van der Waals surface area contributed by atoms with Crippen LogP contribution in [-0.2, 0) is 9.59 Å². The smallest absolute Gasteiger partial charge is 0.244 e. The molecule has 28 heavy (non-hydrogen) atoms. The quantitative estimate of drug-likeness (QED) is 0.718. The third kappa shape index (κ3) is 5.59. The molecule has 0 saturated heterocycles. The molecule has 2 aromatic rings. The number of amides is 2. The highest BCUT2D eigenvalue weighted by atomic mass is 16.5. The monoisotopic (exact) mass is 380 g/mol. The Morgan fingerprint density at radius 2 is 1.61 bits per heavy atom. The van der Waals surface area contributed by atoms with Crippen LogP contribution in [0.1, 0.15) is 45.4 Å². The van der Waals surface area contributed by atoms with Crippen molar-refractivity contribution < 1.29 is 14.3 Å². The number of nitrogens with zero attached hydrogens (tertiary/aromatic N) is 1. The summed E-state index contributed by atoms with van der Waals surface area (Å²) in [6.07, 6.45) is 6.59. The molecule has 0 heterocycles. The highest BCUT2D eigenvalue weighted by Crippen LogP contribution is 2.29. The minimum absolute atomic E-state index is 0.0455. The van der Waals surface area contributed by atoms with Crippen LogP contribution in [0.5, 0.6) is 11.5 Å². The normalized spacial score (nSPS) is 14.8. The predicted molar refractivity (Wildman–Crippen MR) is 110 cm³/mol. The molecular formula is C23H28N2O3. The summed E-state index contributed by atoms with van der Waals surface area (Å²) in [5.41, 5.74) is 0.598. The molecule has 148 valence electrons. The first-order chi connectivity index (χ1) is 13.6. The van der Waals surface area contributed by atoms with Crippen LogP contribution in [-0.4, -0.2) is 29.3 Å². The highest BCUT2D eigenvalue weighted by molar-refractivity contribution is 5.95. The second kappa shape index (κ2) is 9.93. The van der Waals surface area contributed by atoms with E-state index in [0.29, 0.717) is 17.2 Å². The van der Waals surface area contributed by atoms with E-state index in [2.05, 4.69) is 5.32 Å². The van der Waals surface area contributed by atoms with Gasteiger partial charge in [-0.05, 0) is 37.1 Å². The van der Waals surface area contributed by atoms with Gasteiger partial charge in [0.05, 0.1) is 5.69 Å². The number of hydrogen-bond donors (Lipinski definition) is 1. The van der Waals surface area contributed by atoms with Crippen LogP contribution in [0.2, 0.25) is 0 Å². The van der Waals surface area contributed by atoms with E-state index in [9.17, 15) is 9.59 Å². The minimum atomic E-state index is -0.205. The summed E-state index contributed by atoms with van der Waals surface area (Å²) in [5.74, 6) is 1.03. The zero-order chi connectivity index (χ0) is 19.8. The third-order valence-electron chi connectivity index (χ3n) is 5.12. The van der Waals surface area contributed by atoms with Gasteiger partial charge in [0, 0.05) is 13.0 Å². The van der Waals surface area contributed by atoms with E-state index in [0.717, 1.165) is 25.7 Å². The SMILES string of the molecule is CC(=O)N(CC(=O)Nc1ccccc1Oc1ccccc1)C1CCCCCC1. The number of nitrogens with one attached hydrogen (secondary N) is 1. The molecule has 1 N–H and O–H groups in total. The van der Waals surface area contributed by atoms with E-state index < -0.39 is 0 Å². The van der Waals surface area contributed by atoms with Crippen LogP contribution in [0.3, 0.4) is 0 Å². The van der Waals surface area contributed by atoms with Gasteiger partial charge in [-0.15, -0.1) is 0 Å². The van der Waals surface area contributed by atoms with Crippen molar-refractivity contribution in [1.82, 2.24) is 4.90 Å². The zero-order valence-corrected chi connectivity index (χ0v) is 16.4. The fraction of sp³-hybridized carbons (Fsp3) is 0.391. The van der Waals surface area contributed by atoms with E-state index in [1.807, 2.05) is 48.5 Å². The van der Waals surface area contributed by atoms with Gasteiger partial charge in [-0.25, -0.2) is 0 Å². The second-order valence-electron chi connectivity index (χ2n) is 7.25. The van der Waals surface area contributed by atoms with E-state index in [4.69, 9.17) is 4.74 Å². The predicted octanol–water partition coefficient (Wildman–Crippen LogP) is 4.99. The molecule has 0 atom stereocenters. The van der Waals surface area contributed by atoms with Crippen molar-refractivity contribution in [2.75, 3.05) is 11.9 Å². The summed E-state index contributed by atoms with van der Waals surface area (Å²) in [6, 6.07) is 16.9. The second-order valence-corrected chi connectivity index (χ2v) is 7.25. The molecule has 2 amide bonds. The van der Waals surface area contributed by atoms with E-state index in [1.54, 1.807) is 17.9 Å². The first-order valence-electron chi connectivity index (χ1n) is 10.0. The molecule has 0 unspecified atom stereocenters. The molecule has 0 radical (unpaired) electrons. The van der Waals surface area contributed by atoms with Crippen molar-refractivity contribution >= 4 is 17.5 Å². The largest absolute Gasteiger partial charge is 0.455 e. The van der Waals surface area contributed by atoms with Gasteiger partial charge in [0.15, 0.2) is 5.75 Å². The molecule has 3 rings (SSSR count). The van der Waals surface area contributed by atoms with Crippen LogP contribution in [0, 0.1) is 0 Å². The Morgan fingerprint density at radius 3 is 2.29 bits per heavy atom. The Balaban J connectivity index is 1.67. The van der Waals surface area contributed by atoms with Crippen molar-refractivity contribution in [3.8, 4) is 11.5 Å². The first-order valence-corrected chi connectivity index (χ1v) is 10.0. The van der Waals surface area contributed by atoms with Gasteiger partial charge in [0.25, 0.3) is 0 Å². The van der Waals surface area contributed by atoms with Crippen LogP contribution >= 0.6 is 0 Å². The number of hydrogen-bond acceptors (Lipinski definition) is 3. The van der Waals surface area contributed by atoms with Crippen molar-refractivity contribution in [2.24, 2.45) is 0 Å². The number of para-hydroxylation sites is 3. The van der Waals surface area contributed by atoms with Crippen molar-refractivity contribution in [3.63, 3.8) is 0 Å². The van der Waals surface area contributed by atoms with Crippen molar-refractivity contribution in [1.29, 1.82) is 0 Å². The topological polar surface area (TPSA) is 58.6 Å². The van der Waals surface area contributed by atoms with Crippen LogP contribution < -0.4 is 10.1 Å². The summed E-state index contributed by atoms with van der Waals surface area (Å²) >= 11 is 0. The minimum Gasteiger partial charge on any atom is -0.455 e. The van der Waals surface area contributed by atoms with Crippen LogP contribution in [0.4, 0.5) is 5.69 Å². The summed E-state index contributed by atoms with van der Waals surface area (Å²) in [6.45, 7) is 1.62. The fourth-order valence-corrected chi connectivity index (χ4v) is 3.69. The van der Waals surface area contributed by atoms with Gasteiger partial charge < -0.3 is 15.0 Å². The zero-order valence-electron chi connectivity index (χ0n) is 16.4. The van der Waals surface area contributed by atoms with E-state index in [1.165, 1.54) is 12.8 Å². The van der Waals surface area contributed by atoms with E-state index >= 15 is 0 Å². The van der Waals surface area contributed by atoms with Gasteiger partial charge >= 0.3 is 0 Å². The Kier molecular flexibility index (Phi) is 7.06. The molecule has 1 aliphatic carbocycles. The lowest BCUT2D eigenvalue weighted by molar-refractivity contribution is -0.135. The average Bonchev–Trinajstić information content (AvgIpc) is 2.97. The lowest BCUT2D eigenvalue weighted by Crippen LogP contribution is -2.43. The Hall–Kier alpha value is -2.82. The van der Waals surface area contributed by atoms with Crippen molar-refractivity contribution in [2.45, 2.75) is 51.5 Å². The number of anilines is 1. The summed E-state index contributed by atoms with van der Waals surface area (Å²) in [5, 5.41) is 2.91. The molecule has 5 nitrogen and oxygen atoms in total. The first kappa shape index (κ1) is 19.9. The maximum absolute atomic E-state index is 12.7. The lowest BCUT2D eigenvalue weighted by Gasteiger charge is -2.29. The summed E-state index contributed by atoms with van der Waals surface area (Å²) < 4.78 is 5.90. The average molecular weight is 380 g/mol. The standard InChI is InChI=1S/C23H28N2O3/c1-18(26)25(19-11-5-2-3-6-12-19)17-23(27)24-21-15-9-10-16-22(21)28-20-13-7-4-8-14-20/h4,7-10,13-16,19H,2-3,5-6,11-12,17H2,1H3,(H,24,27). The maximum atomic E-state index is 12.7. The molecule has 0 aliphatic heterocycles. The Morgan fingerprint density at radius 1 is 0.964 bits per heavy atom. The Bertz CT molecular complexity index is 783.